The van der Waals surface area contributed by atoms with Crippen molar-refractivity contribution in [2.75, 3.05) is 12.3 Å². The van der Waals surface area contributed by atoms with E-state index in [4.69, 9.17) is 0 Å². The zero-order chi connectivity index (χ0) is 14.3. The number of fused-ring (bicyclic) bond motifs is 1. The molecule has 1 atom stereocenters. The van der Waals surface area contributed by atoms with Gasteiger partial charge in [-0.1, -0.05) is 0 Å². The zero-order valence-corrected chi connectivity index (χ0v) is 12.4. The van der Waals surface area contributed by atoms with E-state index in [1.165, 1.54) is 0 Å². The van der Waals surface area contributed by atoms with Crippen molar-refractivity contribution in [2.45, 2.75) is 44.4 Å². The molecule has 0 radical (unpaired) electrons. The van der Waals surface area contributed by atoms with E-state index in [2.05, 4.69) is 10.2 Å². The third-order valence-electron chi connectivity index (χ3n) is 4.25. The minimum Gasteiger partial charge on any atom is -0.335 e. The first-order valence-electron chi connectivity index (χ1n) is 7.05. The van der Waals surface area contributed by atoms with Crippen molar-refractivity contribution in [3.8, 4) is 0 Å². The number of H-pyrrole nitrogens is 1. The van der Waals surface area contributed by atoms with Gasteiger partial charge in [-0.25, -0.2) is 8.42 Å². The average molecular weight is 297 g/mol. The second-order valence-corrected chi connectivity index (χ2v) is 7.90. The minimum atomic E-state index is -3.10. The molecule has 110 valence electrons. The molecule has 1 amide bonds. The van der Waals surface area contributed by atoms with Crippen molar-refractivity contribution in [3.63, 3.8) is 0 Å². The molecule has 1 aromatic rings. The highest BCUT2D eigenvalue weighted by molar-refractivity contribution is 7.90. The highest BCUT2D eigenvalue weighted by Gasteiger charge is 2.32. The SMILES string of the molecule is CC1CCCCN1C(=O)c1n[nH]c2c1CS(=O)(=O)CC2. The smallest absolute Gasteiger partial charge is 0.274 e. The summed E-state index contributed by atoms with van der Waals surface area (Å²) in [6.45, 7) is 2.77. The van der Waals surface area contributed by atoms with Gasteiger partial charge in [0.1, 0.15) is 0 Å². The molecular weight excluding hydrogens is 278 g/mol. The first kappa shape index (κ1) is 13.6. The fourth-order valence-corrected chi connectivity index (χ4v) is 4.44. The number of aryl methyl sites for hydroxylation is 1. The number of piperidine rings is 1. The number of hydrogen-bond donors (Lipinski definition) is 1. The van der Waals surface area contributed by atoms with Gasteiger partial charge in [0.25, 0.3) is 5.91 Å². The third-order valence-corrected chi connectivity index (χ3v) is 5.80. The Balaban J connectivity index is 1.91. The Labute approximate surface area is 118 Å². The number of hydrogen-bond acceptors (Lipinski definition) is 4. The molecule has 3 rings (SSSR count). The van der Waals surface area contributed by atoms with Crippen LogP contribution in [0, 0.1) is 0 Å². The van der Waals surface area contributed by atoms with Crippen LogP contribution < -0.4 is 0 Å². The van der Waals surface area contributed by atoms with Crippen molar-refractivity contribution in [3.05, 3.63) is 17.0 Å². The number of likely N-dealkylation sites (tertiary alicyclic amines) is 1. The van der Waals surface area contributed by atoms with Gasteiger partial charge < -0.3 is 4.90 Å². The highest BCUT2D eigenvalue weighted by Crippen LogP contribution is 2.25. The quantitative estimate of drug-likeness (QED) is 0.834. The van der Waals surface area contributed by atoms with E-state index in [0.29, 0.717) is 17.7 Å². The summed E-state index contributed by atoms with van der Waals surface area (Å²) in [5.41, 5.74) is 1.68. The standard InChI is InChI=1S/C13H19N3O3S/c1-9-4-2-3-6-16(9)13(17)12-10-8-20(18,19)7-5-11(10)14-15-12/h9H,2-8H2,1H3,(H,14,15). The molecule has 20 heavy (non-hydrogen) atoms. The molecule has 1 unspecified atom stereocenters. The Morgan fingerprint density at radius 2 is 2.20 bits per heavy atom. The molecule has 0 saturated carbocycles. The Bertz CT molecular complexity index is 635. The second-order valence-electron chi connectivity index (χ2n) is 5.71. The maximum absolute atomic E-state index is 12.6. The number of aromatic nitrogens is 2. The molecule has 0 aromatic carbocycles. The van der Waals surface area contributed by atoms with Crippen molar-refractivity contribution >= 4 is 15.7 Å². The van der Waals surface area contributed by atoms with Crippen molar-refractivity contribution in [1.82, 2.24) is 15.1 Å². The predicted octanol–water partition coefficient (Wildman–Crippen LogP) is 0.895. The highest BCUT2D eigenvalue weighted by atomic mass is 32.2. The number of aromatic amines is 1. The first-order chi connectivity index (χ1) is 9.48. The molecule has 3 heterocycles. The number of amides is 1. The van der Waals surface area contributed by atoms with Crippen molar-refractivity contribution in [1.29, 1.82) is 0 Å². The van der Waals surface area contributed by atoms with Crippen LogP contribution in [0.3, 0.4) is 0 Å². The number of nitrogens with zero attached hydrogens (tertiary/aromatic N) is 2. The molecule has 0 spiro atoms. The fourth-order valence-electron chi connectivity index (χ4n) is 3.03. The Morgan fingerprint density at radius 1 is 1.40 bits per heavy atom. The van der Waals surface area contributed by atoms with Crippen molar-refractivity contribution in [2.24, 2.45) is 0 Å². The van der Waals surface area contributed by atoms with Gasteiger partial charge in [0.15, 0.2) is 15.5 Å². The molecule has 1 N–H and O–H groups in total. The monoisotopic (exact) mass is 297 g/mol. The van der Waals surface area contributed by atoms with E-state index in [1.807, 2.05) is 11.8 Å². The summed E-state index contributed by atoms with van der Waals surface area (Å²) >= 11 is 0. The van der Waals surface area contributed by atoms with Crippen molar-refractivity contribution < 1.29 is 13.2 Å². The van der Waals surface area contributed by atoms with E-state index < -0.39 is 9.84 Å². The summed E-state index contributed by atoms with van der Waals surface area (Å²) in [7, 11) is -3.10. The van der Waals surface area contributed by atoms with Crippen LogP contribution in [-0.4, -0.2) is 47.8 Å². The molecule has 0 bridgehead atoms. The predicted molar refractivity (Wildman–Crippen MR) is 74.1 cm³/mol. The molecule has 1 aromatic heterocycles. The molecule has 2 aliphatic rings. The lowest BCUT2D eigenvalue weighted by Crippen LogP contribution is -2.42. The summed E-state index contributed by atoms with van der Waals surface area (Å²) in [6.07, 6.45) is 3.56. The van der Waals surface area contributed by atoms with Gasteiger partial charge in [-0.2, -0.15) is 5.10 Å². The maximum Gasteiger partial charge on any atom is 0.274 e. The normalized spacial score (nSPS) is 25.2. The lowest BCUT2D eigenvalue weighted by atomic mass is 10.0. The maximum atomic E-state index is 12.6. The number of carbonyl (C=O) groups is 1. The van der Waals surface area contributed by atoms with Gasteiger partial charge in [0, 0.05) is 30.3 Å². The first-order valence-corrected chi connectivity index (χ1v) is 8.87. The van der Waals surface area contributed by atoms with Crippen LogP contribution in [-0.2, 0) is 22.0 Å². The Morgan fingerprint density at radius 3 is 2.95 bits per heavy atom. The molecule has 1 saturated heterocycles. The lowest BCUT2D eigenvalue weighted by Gasteiger charge is -2.33. The number of carbonyl (C=O) groups excluding carboxylic acids is 1. The van der Waals surface area contributed by atoms with Crippen LogP contribution in [0.25, 0.3) is 0 Å². The summed E-state index contributed by atoms with van der Waals surface area (Å²) in [5.74, 6) is -0.0651. The number of sulfone groups is 1. The third kappa shape index (κ3) is 2.34. The van der Waals surface area contributed by atoms with Crippen LogP contribution >= 0.6 is 0 Å². The summed E-state index contributed by atoms with van der Waals surface area (Å²) < 4.78 is 23.5. The molecular formula is C13H19N3O3S. The molecule has 2 aliphatic heterocycles. The van der Waals surface area contributed by atoms with Crippen LogP contribution in [0.2, 0.25) is 0 Å². The average Bonchev–Trinajstić information content (AvgIpc) is 2.80. The van der Waals surface area contributed by atoms with Gasteiger partial charge in [-0.05, 0) is 26.2 Å². The Hall–Kier alpha value is -1.37. The zero-order valence-electron chi connectivity index (χ0n) is 11.6. The van der Waals surface area contributed by atoms with E-state index >= 15 is 0 Å². The van der Waals surface area contributed by atoms with Crippen LogP contribution in [0.15, 0.2) is 0 Å². The van der Waals surface area contributed by atoms with E-state index in [0.717, 1.165) is 31.5 Å². The van der Waals surface area contributed by atoms with Gasteiger partial charge >= 0.3 is 0 Å². The molecule has 0 aliphatic carbocycles. The van der Waals surface area contributed by atoms with Gasteiger partial charge in [0.2, 0.25) is 0 Å². The van der Waals surface area contributed by atoms with Gasteiger partial charge in [-0.15, -0.1) is 0 Å². The van der Waals surface area contributed by atoms with Crippen LogP contribution in [0.4, 0.5) is 0 Å². The summed E-state index contributed by atoms with van der Waals surface area (Å²) in [6, 6.07) is 0.198. The van der Waals surface area contributed by atoms with Gasteiger partial charge in [-0.3, -0.25) is 9.89 Å². The van der Waals surface area contributed by atoms with Crippen LogP contribution in [0.5, 0.6) is 0 Å². The van der Waals surface area contributed by atoms with E-state index in [1.54, 1.807) is 0 Å². The van der Waals surface area contributed by atoms with Crippen LogP contribution in [0.1, 0.15) is 47.9 Å². The molecule has 1 fully saturated rings. The molecule has 6 nitrogen and oxygen atoms in total. The number of nitrogens with one attached hydrogen (secondary N) is 1. The second kappa shape index (κ2) is 4.87. The van der Waals surface area contributed by atoms with Gasteiger partial charge in [0.05, 0.1) is 11.5 Å². The summed E-state index contributed by atoms with van der Waals surface area (Å²) in [4.78, 5) is 14.4. The van der Waals surface area contributed by atoms with E-state index in [-0.39, 0.29) is 23.5 Å². The minimum absolute atomic E-state index is 0.0673. The number of rotatable bonds is 1. The topological polar surface area (TPSA) is 83.1 Å². The Kier molecular flexibility index (Phi) is 3.32. The summed E-state index contributed by atoms with van der Waals surface area (Å²) in [5, 5.41) is 6.93. The largest absolute Gasteiger partial charge is 0.335 e. The fraction of sp³-hybridized carbons (Fsp3) is 0.692. The molecule has 7 heteroatoms. The lowest BCUT2D eigenvalue weighted by molar-refractivity contribution is 0.0628. The van der Waals surface area contributed by atoms with E-state index in [9.17, 15) is 13.2 Å².